The Morgan fingerprint density at radius 1 is 1.40 bits per heavy atom. The highest BCUT2D eigenvalue weighted by Gasteiger charge is 2.23. The Kier molecular flexibility index (Phi) is 4.42. The Bertz CT molecular complexity index is 591. The molecule has 0 saturated carbocycles. The van der Waals surface area contributed by atoms with Crippen molar-refractivity contribution in [2.24, 2.45) is 10.7 Å². The number of aliphatic hydroxyl groups is 1. The molecular formula is C15H19N3OS. The van der Waals surface area contributed by atoms with Crippen LogP contribution in [-0.4, -0.2) is 17.6 Å². The maximum Gasteiger partial charge on any atom is 0.193 e. The summed E-state index contributed by atoms with van der Waals surface area (Å²) in [6, 6.07) is 11.7. The Morgan fingerprint density at radius 2 is 2.20 bits per heavy atom. The zero-order chi connectivity index (χ0) is 14.6. The minimum Gasteiger partial charge on any atom is -0.383 e. The first-order valence-electron chi connectivity index (χ1n) is 6.37. The van der Waals surface area contributed by atoms with Crippen LogP contribution in [0, 0.1) is 6.92 Å². The molecule has 106 valence electrons. The molecule has 0 amide bonds. The van der Waals surface area contributed by atoms with E-state index in [0.29, 0.717) is 5.96 Å². The standard InChI is InChI=1S/C15H19N3OS/c1-11-5-3-6-12(9-11)18-14(16)17-10-15(2,19)13-7-4-8-20-13/h3-9,19H,10H2,1-2H3,(H3,16,17,18). The van der Waals surface area contributed by atoms with Crippen molar-refractivity contribution in [3.63, 3.8) is 0 Å². The van der Waals surface area contributed by atoms with E-state index in [0.717, 1.165) is 16.1 Å². The van der Waals surface area contributed by atoms with Gasteiger partial charge in [0.15, 0.2) is 5.96 Å². The summed E-state index contributed by atoms with van der Waals surface area (Å²) < 4.78 is 0. The van der Waals surface area contributed by atoms with Gasteiger partial charge in [-0.05, 0) is 43.0 Å². The number of nitrogens with one attached hydrogen (secondary N) is 1. The van der Waals surface area contributed by atoms with Crippen molar-refractivity contribution in [3.8, 4) is 0 Å². The first-order valence-corrected chi connectivity index (χ1v) is 7.25. The molecule has 0 aliphatic carbocycles. The highest BCUT2D eigenvalue weighted by Crippen LogP contribution is 2.25. The van der Waals surface area contributed by atoms with Crippen LogP contribution in [0.15, 0.2) is 46.8 Å². The van der Waals surface area contributed by atoms with E-state index in [1.54, 1.807) is 6.92 Å². The van der Waals surface area contributed by atoms with Gasteiger partial charge in [-0.3, -0.25) is 0 Å². The van der Waals surface area contributed by atoms with Crippen LogP contribution in [0.25, 0.3) is 0 Å². The molecule has 0 spiro atoms. The molecule has 20 heavy (non-hydrogen) atoms. The third-order valence-corrected chi connectivity index (χ3v) is 4.02. The van der Waals surface area contributed by atoms with Gasteiger partial charge >= 0.3 is 0 Å². The third-order valence-electron chi connectivity index (χ3n) is 2.90. The van der Waals surface area contributed by atoms with Gasteiger partial charge < -0.3 is 16.2 Å². The van der Waals surface area contributed by atoms with Crippen molar-refractivity contribution in [3.05, 3.63) is 52.2 Å². The van der Waals surface area contributed by atoms with Crippen molar-refractivity contribution < 1.29 is 5.11 Å². The zero-order valence-electron chi connectivity index (χ0n) is 11.6. The van der Waals surface area contributed by atoms with Crippen molar-refractivity contribution >= 4 is 23.0 Å². The van der Waals surface area contributed by atoms with E-state index in [4.69, 9.17) is 5.73 Å². The molecule has 0 fully saturated rings. The van der Waals surface area contributed by atoms with E-state index in [2.05, 4.69) is 10.3 Å². The molecule has 1 aromatic carbocycles. The van der Waals surface area contributed by atoms with Crippen molar-refractivity contribution in [1.29, 1.82) is 0 Å². The molecule has 4 N–H and O–H groups in total. The topological polar surface area (TPSA) is 70.6 Å². The molecule has 0 aliphatic heterocycles. The fraction of sp³-hybridized carbons (Fsp3) is 0.267. The average Bonchev–Trinajstić information content (AvgIpc) is 2.91. The third kappa shape index (κ3) is 3.82. The summed E-state index contributed by atoms with van der Waals surface area (Å²) in [6.45, 7) is 3.97. The number of nitrogens with two attached hydrogens (primary N) is 1. The smallest absolute Gasteiger partial charge is 0.193 e. The zero-order valence-corrected chi connectivity index (χ0v) is 12.4. The summed E-state index contributed by atoms with van der Waals surface area (Å²) in [6.07, 6.45) is 0. The second-order valence-corrected chi connectivity index (χ2v) is 5.89. The SMILES string of the molecule is Cc1cccc(NC(N)=NCC(C)(O)c2cccs2)c1. The van der Waals surface area contributed by atoms with Gasteiger partial charge in [-0.25, -0.2) is 4.99 Å². The molecular weight excluding hydrogens is 270 g/mol. The first kappa shape index (κ1) is 14.6. The van der Waals surface area contributed by atoms with E-state index < -0.39 is 5.60 Å². The lowest BCUT2D eigenvalue weighted by Crippen LogP contribution is -2.29. The van der Waals surface area contributed by atoms with Crippen molar-refractivity contribution in [2.45, 2.75) is 19.4 Å². The lowest BCUT2D eigenvalue weighted by atomic mass is 10.1. The number of thiophene rings is 1. The number of hydrogen-bond acceptors (Lipinski definition) is 3. The van der Waals surface area contributed by atoms with Gasteiger partial charge in [0.05, 0.1) is 6.54 Å². The molecule has 1 aromatic heterocycles. The van der Waals surface area contributed by atoms with Crippen LogP contribution in [0.3, 0.4) is 0 Å². The summed E-state index contributed by atoms with van der Waals surface area (Å²) in [5.74, 6) is 0.299. The van der Waals surface area contributed by atoms with Gasteiger partial charge in [0, 0.05) is 10.6 Å². The highest BCUT2D eigenvalue weighted by molar-refractivity contribution is 7.10. The molecule has 5 heteroatoms. The van der Waals surface area contributed by atoms with Gasteiger partial charge in [0.2, 0.25) is 0 Å². The maximum absolute atomic E-state index is 10.4. The number of aryl methyl sites for hydroxylation is 1. The molecule has 0 bridgehead atoms. The quantitative estimate of drug-likeness (QED) is 0.598. The second-order valence-electron chi connectivity index (χ2n) is 4.95. The number of hydrogen-bond donors (Lipinski definition) is 3. The predicted molar refractivity (Wildman–Crippen MR) is 85.2 cm³/mol. The van der Waals surface area contributed by atoms with Crippen LogP contribution in [0.5, 0.6) is 0 Å². The molecule has 1 unspecified atom stereocenters. The number of rotatable bonds is 4. The van der Waals surface area contributed by atoms with Crippen LogP contribution >= 0.6 is 11.3 Å². The molecule has 4 nitrogen and oxygen atoms in total. The Morgan fingerprint density at radius 3 is 2.85 bits per heavy atom. The summed E-state index contributed by atoms with van der Waals surface area (Å²) >= 11 is 1.51. The predicted octanol–water partition coefficient (Wildman–Crippen LogP) is 2.69. The molecule has 2 rings (SSSR count). The van der Waals surface area contributed by atoms with E-state index in [1.807, 2.05) is 48.7 Å². The van der Waals surface area contributed by atoms with E-state index in [1.165, 1.54) is 11.3 Å². The molecule has 0 aliphatic rings. The van der Waals surface area contributed by atoms with E-state index in [-0.39, 0.29) is 6.54 Å². The first-order chi connectivity index (χ1) is 9.47. The fourth-order valence-electron chi connectivity index (χ4n) is 1.81. The summed E-state index contributed by atoms with van der Waals surface area (Å²) in [5.41, 5.74) is 6.89. The minimum absolute atomic E-state index is 0.220. The van der Waals surface area contributed by atoms with Crippen LogP contribution < -0.4 is 11.1 Å². The van der Waals surface area contributed by atoms with Gasteiger partial charge in [-0.15, -0.1) is 11.3 Å². The summed E-state index contributed by atoms with van der Waals surface area (Å²) in [7, 11) is 0. The second kappa shape index (κ2) is 6.07. The highest BCUT2D eigenvalue weighted by atomic mass is 32.1. The number of benzene rings is 1. The van der Waals surface area contributed by atoms with Gasteiger partial charge in [0.1, 0.15) is 5.60 Å². The maximum atomic E-state index is 10.4. The van der Waals surface area contributed by atoms with Gasteiger partial charge in [-0.1, -0.05) is 18.2 Å². The fourth-order valence-corrected chi connectivity index (χ4v) is 2.59. The number of guanidine groups is 1. The number of nitrogens with zero attached hydrogens (tertiary/aromatic N) is 1. The lowest BCUT2D eigenvalue weighted by molar-refractivity contribution is 0.0713. The Hall–Kier alpha value is -1.85. The van der Waals surface area contributed by atoms with E-state index in [9.17, 15) is 5.11 Å². The normalized spacial score (nSPS) is 14.8. The molecule has 1 heterocycles. The Labute approximate surface area is 123 Å². The Balaban J connectivity index is 2.01. The summed E-state index contributed by atoms with van der Waals surface area (Å²) in [4.78, 5) is 5.10. The molecule has 0 saturated heterocycles. The van der Waals surface area contributed by atoms with Gasteiger partial charge in [-0.2, -0.15) is 0 Å². The lowest BCUT2D eigenvalue weighted by Gasteiger charge is -2.19. The number of aliphatic imine (C=N–C) groups is 1. The van der Waals surface area contributed by atoms with E-state index >= 15 is 0 Å². The van der Waals surface area contributed by atoms with Crippen molar-refractivity contribution in [2.75, 3.05) is 11.9 Å². The van der Waals surface area contributed by atoms with Crippen LogP contribution in [0.1, 0.15) is 17.4 Å². The monoisotopic (exact) mass is 289 g/mol. The molecule has 1 atom stereocenters. The van der Waals surface area contributed by atoms with Crippen molar-refractivity contribution in [1.82, 2.24) is 0 Å². The van der Waals surface area contributed by atoms with Crippen LogP contribution in [0.2, 0.25) is 0 Å². The van der Waals surface area contributed by atoms with Crippen LogP contribution in [-0.2, 0) is 5.60 Å². The van der Waals surface area contributed by atoms with Gasteiger partial charge in [0.25, 0.3) is 0 Å². The average molecular weight is 289 g/mol. The largest absolute Gasteiger partial charge is 0.383 e. The molecule has 2 aromatic rings. The van der Waals surface area contributed by atoms with Crippen LogP contribution in [0.4, 0.5) is 5.69 Å². The minimum atomic E-state index is -0.993. The number of anilines is 1. The summed E-state index contributed by atoms with van der Waals surface area (Å²) in [5, 5.41) is 15.3. The molecule has 0 radical (unpaired) electrons.